The average Bonchev–Trinajstić information content (AvgIpc) is 2.45. The molecule has 0 fully saturated rings. The van der Waals surface area contributed by atoms with Crippen LogP contribution in [-0.2, 0) is 6.18 Å². The van der Waals surface area contributed by atoms with Crippen LogP contribution in [0.2, 0.25) is 0 Å². The highest BCUT2D eigenvalue weighted by Crippen LogP contribution is 2.35. The Morgan fingerprint density at radius 2 is 1.62 bits per heavy atom. The molecule has 21 heavy (non-hydrogen) atoms. The third-order valence-electron chi connectivity index (χ3n) is 2.92. The summed E-state index contributed by atoms with van der Waals surface area (Å²) >= 11 is 1.10. The zero-order valence-corrected chi connectivity index (χ0v) is 11.7. The highest BCUT2D eigenvalue weighted by Gasteiger charge is 2.34. The van der Waals surface area contributed by atoms with Crippen molar-refractivity contribution in [3.8, 4) is 0 Å². The van der Waals surface area contributed by atoms with Crippen LogP contribution in [0.5, 0.6) is 0 Å². The van der Waals surface area contributed by atoms with Crippen molar-refractivity contribution in [3.05, 3.63) is 65.5 Å². The molecule has 112 valence electrons. The molecular weight excluding hydrogens is 302 g/mol. The van der Waals surface area contributed by atoms with Crippen LogP contribution in [0.4, 0.5) is 17.6 Å². The van der Waals surface area contributed by atoms with E-state index in [2.05, 4.69) is 0 Å². The molecule has 1 unspecified atom stereocenters. The molecule has 1 atom stereocenters. The Bertz CT molecular complexity index is 613. The van der Waals surface area contributed by atoms with E-state index in [0.29, 0.717) is 4.90 Å². The zero-order valence-electron chi connectivity index (χ0n) is 10.9. The molecule has 0 radical (unpaired) electrons. The van der Waals surface area contributed by atoms with Crippen LogP contribution in [0.3, 0.4) is 0 Å². The second-order valence-corrected chi connectivity index (χ2v) is 5.49. The fourth-order valence-corrected chi connectivity index (χ4v) is 2.83. The summed E-state index contributed by atoms with van der Waals surface area (Å²) in [6.45, 7) is 0. The molecule has 2 rings (SSSR count). The normalized spacial score (nSPS) is 13.2. The van der Waals surface area contributed by atoms with Crippen LogP contribution in [0.1, 0.15) is 17.2 Å². The van der Waals surface area contributed by atoms with Gasteiger partial charge in [0.05, 0.1) is 5.56 Å². The minimum absolute atomic E-state index is 0.0221. The molecule has 0 bridgehead atoms. The molecule has 0 heterocycles. The van der Waals surface area contributed by atoms with Gasteiger partial charge in [-0.3, -0.25) is 0 Å². The summed E-state index contributed by atoms with van der Waals surface area (Å²) in [5.74, 6) is -0.243. The number of hydrogen-bond donors (Lipinski definition) is 1. The lowest BCUT2D eigenvalue weighted by molar-refractivity contribution is -0.138. The van der Waals surface area contributed by atoms with Gasteiger partial charge in [0.2, 0.25) is 0 Å². The predicted octanol–water partition coefficient (Wildman–Crippen LogP) is 4.64. The molecule has 0 spiro atoms. The topological polar surface area (TPSA) is 26.0 Å². The molecule has 0 aliphatic rings. The van der Waals surface area contributed by atoms with Crippen molar-refractivity contribution in [1.29, 1.82) is 0 Å². The van der Waals surface area contributed by atoms with Crippen LogP contribution in [-0.4, -0.2) is 5.75 Å². The van der Waals surface area contributed by atoms with E-state index in [1.807, 2.05) is 0 Å². The maximum atomic E-state index is 13.5. The molecule has 0 saturated heterocycles. The number of alkyl halides is 3. The Morgan fingerprint density at radius 1 is 1.00 bits per heavy atom. The predicted molar refractivity (Wildman–Crippen MR) is 75.5 cm³/mol. The van der Waals surface area contributed by atoms with Crippen LogP contribution in [0, 0.1) is 5.82 Å². The average molecular weight is 315 g/mol. The van der Waals surface area contributed by atoms with Crippen LogP contribution < -0.4 is 5.73 Å². The Hall–Kier alpha value is -1.53. The smallest absolute Gasteiger partial charge is 0.323 e. The van der Waals surface area contributed by atoms with Crippen LogP contribution >= 0.6 is 11.8 Å². The van der Waals surface area contributed by atoms with Crippen LogP contribution in [0.15, 0.2) is 53.4 Å². The SMILES string of the molecule is NC(CSc1ccccc1F)c1ccccc1C(F)(F)F. The molecular formula is C15H13F4NS. The first-order valence-electron chi connectivity index (χ1n) is 6.18. The van der Waals surface area contributed by atoms with Gasteiger partial charge in [-0.2, -0.15) is 13.2 Å². The first-order chi connectivity index (χ1) is 9.89. The number of hydrogen-bond acceptors (Lipinski definition) is 2. The third kappa shape index (κ3) is 3.98. The number of thioether (sulfide) groups is 1. The van der Waals surface area contributed by atoms with Gasteiger partial charge in [-0.05, 0) is 23.8 Å². The minimum atomic E-state index is -4.45. The summed E-state index contributed by atoms with van der Waals surface area (Å²) in [4.78, 5) is 0.373. The van der Waals surface area contributed by atoms with Gasteiger partial charge in [-0.1, -0.05) is 30.3 Å². The minimum Gasteiger partial charge on any atom is -0.323 e. The molecule has 1 nitrogen and oxygen atoms in total. The molecule has 0 saturated carbocycles. The summed E-state index contributed by atoms with van der Waals surface area (Å²) in [5, 5.41) is 0. The van der Waals surface area contributed by atoms with E-state index < -0.39 is 23.6 Å². The van der Waals surface area contributed by atoms with Crippen molar-refractivity contribution >= 4 is 11.8 Å². The lowest BCUT2D eigenvalue weighted by atomic mass is 10.0. The molecule has 6 heteroatoms. The van der Waals surface area contributed by atoms with E-state index in [4.69, 9.17) is 5.73 Å². The van der Waals surface area contributed by atoms with E-state index in [0.717, 1.165) is 17.8 Å². The molecule has 0 amide bonds. The van der Waals surface area contributed by atoms with Gasteiger partial charge in [0.25, 0.3) is 0 Å². The number of benzene rings is 2. The quantitative estimate of drug-likeness (QED) is 0.657. The second kappa shape index (κ2) is 6.49. The van der Waals surface area contributed by atoms with Crippen molar-refractivity contribution in [1.82, 2.24) is 0 Å². The van der Waals surface area contributed by atoms with Crippen molar-refractivity contribution in [2.45, 2.75) is 17.1 Å². The van der Waals surface area contributed by atoms with Crippen molar-refractivity contribution in [3.63, 3.8) is 0 Å². The first kappa shape index (κ1) is 15.9. The van der Waals surface area contributed by atoms with Crippen LogP contribution in [0.25, 0.3) is 0 Å². The van der Waals surface area contributed by atoms with Gasteiger partial charge in [0.1, 0.15) is 5.82 Å². The zero-order chi connectivity index (χ0) is 15.5. The molecule has 0 aliphatic carbocycles. The largest absolute Gasteiger partial charge is 0.416 e. The Labute approximate surface area is 124 Å². The maximum Gasteiger partial charge on any atom is 0.416 e. The first-order valence-corrected chi connectivity index (χ1v) is 7.17. The van der Waals surface area contributed by atoms with Gasteiger partial charge in [-0.15, -0.1) is 11.8 Å². The fraction of sp³-hybridized carbons (Fsp3) is 0.200. The third-order valence-corrected chi connectivity index (χ3v) is 4.09. The molecule has 0 aromatic heterocycles. The Morgan fingerprint density at radius 3 is 2.29 bits per heavy atom. The highest BCUT2D eigenvalue weighted by molar-refractivity contribution is 7.99. The summed E-state index contributed by atoms with van der Waals surface area (Å²) in [6.07, 6.45) is -4.45. The van der Waals surface area contributed by atoms with E-state index in [1.165, 1.54) is 24.3 Å². The summed E-state index contributed by atoms with van der Waals surface area (Å²) in [5.41, 5.74) is 5.13. The van der Waals surface area contributed by atoms with Gasteiger partial charge in [0, 0.05) is 16.7 Å². The monoisotopic (exact) mass is 315 g/mol. The number of halogens is 4. The van der Waals surface area contributed by atoms with Crippen molar-refractivity contribution in [2.75, 3.05) is 5.75 Å². The second-order valence-electron chi connectivity index (χ2n) is 4.43. The van der Waals surface area contributed by atoms with E-state index in [9.17, 15) is 17.6 Å². The van der Waals surface area contributed by atoms with E-state index in [1.54, 1.807) is 18.2 Å². The Balaban J connectivity index is 2.15. The van der Waals surface area contributed by atoms with E-state index >= 15 is 0 Å². The lowest BCUT2D eigenvalue weighted by Crippen LogP contribution is -2.19. The molecule has 0 aliphatic heterocycles. The van der Waals surface area contributed by atoms with Crippen molar-refractivity contribution < 1.29 is 17.6 Å². The van der Waals surface area contributed by atoms with Crippen molar-refractivity contribution in [2.24, 2.45) is 5.73 Å². The molecule has 2 aromatic rings. The Kier molecular flexibility index (Phi) is 4.90. The summed E-state index contributed by atoms with van der Waals surface area (Å²) < 4.78 is 52.2. The highest BCUT2D eigenvalue weighted by atomic mass is 32.2. The van der Waals surface area contributed by atoms with Gasteiger partial charge < -0.3 is 5.73 Å². The fourth-order valence-electron chi connectivity index (χ4n) is 1.91. The lowest BCUT2D eigenvalue weighted by Gasteiger charge is -2.18. The van der Waals surface area contributed by atoms with Gasteiger partial charge in [0.15, 0.2) is 0 Å². The standard InChI is InChI=1S/C15H13F4NS/c16-12-7-3-4-8-14(12)21-9-13(20)10-5-1-2-6-11(10)15(17,18)19/h1-8,13H,9,20H2. The summed E-state index contributed by atoms with van der Waals surface area (Å²) in [6, 6.07) is 10.5. The summed E-state index contributed by atoms with van der Waals surface area (Å²) in [7, 11) is 0. The molecule has 2 N–H and O–H groups in total. The number of nitrogens with two attached hydrogens (primary N) is 1. The van der Waals surface area contributed by atoms with Gasteiger partial charge in [-0.25, -0.2) is 4.39 Å². The number of rotatable bonds is 4. The molecule has 2 aromatic carbocycles. The van der Waals surface area contributed by atoms with E-state index in [-0.39, 0.29) is 11.3 Å². The maximum absolute atomic E-state index is 13.5. The van der Waals surface area contributed by atoms with Gasteiger partial charge >= 0.3 is 6.18 Å².